The molecule has 2 heterocycles. The lowest BCUT2D eigenvalue weighted by atomic mass is 10.1. The normalized spacial score (nSPS) is 13.5. The Morgan fingerprint density at radius 3 is 3.24 bits per heavy atom. The van der Waals surface area contributed by atoms with Gasteiger partial charge in [0.25, 0.3) is 0 Å². The molecule has 0 aliphatic carbocycles. The monoisotopic (exact) mass is 227 g/mol. The van der Waals surface area contributed by atoms with Crippen LogP contribution in [0.5, 0.6) is 0 Å². The molecule has 2 aromatic rings. The molecule has 0 saturated carbocycles. The third kappa shape index (κ3) is 1.93. The van der Waals surface area contributed by atoms with Gasteiger partial charge >= 0.3 is 0 Å². The summed E-state index contributed by atoms with van der Waals surface area (Å²) >= 11 is 0. The van der Waals surface area contributed by atoms with Crippen molar-refractivity contribution in [2.24, 2.45) is 0 Å². The lowest BCUT2D eigenvalue weighted by Crippen LogP contribution is -2.02. The lowest BCUT2D eigenvalue weighted by molar-refractivity contribution is 0.712. The Bertz CT molecular complexity index is 528. The number of anilines is 1. The zero-order valence-electron chi connectivity index (χ0n) is 10.1. The van der Waals surface area contributed by atoms with Gasteiger partial charge in [0.2, 0.25) is 0 Å². The second kappa shape index (κ2) is 4.24. The highest BCUT2D eigenvalue weighted by atomic mass is 15.0. The highest BCUT2D eigenvalue weighted by molar-refractivity contribution is 5.56. The van der Waals surface area contributed by atoms with Gasteiger partial charge in [0.1, 0.15) is 5.82 Å². The maximum atomic E-state index is 4.42. The van der Waals surface area contributed by atoms with Crippen molar-refractivity contribution in [2.75, 3.05) is 11.9 Å². The van der Waals surface area contributed by atoms with Gasteiger partial charge in [-0.25, -0.2) is 4.98 Å². The van der Waals surface area contributed by atoms with Crippen LogP contribution < -0.4 is 5.32 Å². The van der Waals surface area contributed by atoms with Crippen molar-refractivity contribution in [1.29, 1.82) is 0 Å². The van der Waals surface area contributed by atoms with Crippen molar-refractivity contribution in [3.63, 3.8) is 0 Å². The van der Waals surface area contributed by atoms with Crippen LogP contribution in [0, 0.1) is 0 Å². The molecule has 0 spiro atoms. The maximum absolute atomic E-state index is 4.42. The molecule has 1 aliphatic heterocycles. The molecule has 0 radical (unpaired) electrons. The summed E-state index contributed by atoms with van der Waals surface area (Å²) in [6, 6.07) is 6.70. The minimum atomic E-state index is 0.925. The summed E-state index contributed by atoms with van der Waals surface area (Å²) in [6.07, 6.45) is 6.00. The van der Waals surface area contributed by atoms with E-state index in [1.165, 1.54) is 16.8 Å². The molecule has 1 aromatic heterocycles. The van der Waals surface area contributed by atoms with Crippen LogP contribution in [0.1, 0.15) is 23.9 Å². The topological polar surface area (TPSA) is 29.9 Å². The van der Waals surface area contributed by atoms with Crippen molar-refractivity contribution in [2.45, 2.75) is 26.3 Å². The quantitative estimate of drug-likeness (QED) is 0.873. The molecule has 88 valence electrons. The maximum Gasteiger partial charge on any atom is 0.113 e. The van der Waals surface area contributed by atoms with Gasteiger partial charge in [-0.3, -0.25) is 0 Å². The second-order valence-corrected chi connectivity index (χ2v) is 4.47. The summed E-state index contributed by atoms with van der Waals surface area (Å²) in [5.41, 5.74) is 4.10. The van der Waals surface area contributed by atoms with E-state index in [0.29, 0.717) is 0 Å². The Hall–Kier alpha value is -1.77. The van der Waals surface area contributed by atoms with Gasteiger partial charge in [0.15, 0.2) is 0 Å². The number of fused-ring (bicyclic) bond motifs is 1. The number of hydrogen-bond acceptors (Lipinski definition) is 2. The summed E-state index contributed by atoms with van der Waals surface area (Å²) in [6.45, 7) is 4.21. The molecule has 1 aromatic carbocycles. The molecule has 0 unspecified atom stereocenters. The molecule has 17 heavy (non-hydrogen) atoms. The highest BCUT2D eigenvalue weighted by Crippen LogP contribution is 2.23. The van der Waals surface area contributed by atoms with Gasteiger partial charge in [-0.05, 0) is 30.5 Å². The Balaban J connectivity index is 1.86. The number of aromatic nitrogens is 2. The van der Waals surface area contributed by atoms with Gasteiger partial charge < -0.3 is 9.88 Å². The van der Waals surface area contributed by atoms with E-state index >= 15 is 0 Å². The van der Waals surface area contributed by atoms with Crippen molar-refractivity contribution in [3.8, 4) is 0 Å². The molecule has 0 fully saturated rings. The van der Waals surface area contributed by atoms with Crippen LogP contribution in [-0.4, -0.2) is 16.1 Å². The van der Waals surface area contributed by atoms with E-state index in [4.69, 9.17) is 0 Å². The molecule has 3 rings (SSSR count). The van der Waals surface area contributed by atoms with E-state index in [9.17, 15) is 0 Å². The van der Waals surface area contributed by atoms with E-state index in [1.807, 2.05) is 12.4 Å². The van der Waals surface area contributed by atoms with E-state index in [1.54, 1.807) is 0 Å². The number of benzene rings is 1. The van der Waals surface area contributed by atoms with Crippen molar-refractivity contribution in [3.05, 3.63) is 47.5 Å². The molecule has 1 aliphatic rings. The Labute approximate surface area is 101 Å². The van der Waals surface area contributed by atoms with Crippen LogP contribution in [0.25, 0.3) is 0 Å². The molecule has 0 amide bonds. The van der Waals surface area contributed by atoms with E-state index < -0.39 is 0 Å². The predicted octanol–water partition coefficient (Wildman–Crippen LogP) is 2.46. The second-order valence-electron chi connectivity index (χ2n) is 4.47. The Morgan fingerprint density at radius 2 is 2.35 bits per heavy atom. The lowest BCUT2D eigenvalue weighted by Gasteiger charge is -2.06. The minimum Gasteiger partial charge on any atom is -0.384 e. The molecule has 3 heteroatoms. The van der Waals surface area contributed by atoms with E-state index in [0.717, 1.165) is 31.8 Å². The molecule has 0 bridgehead atoms. The van der Waals surface area contributed by atoms with Gasteiger partial charge in [0, 0.05) is 37.6 Å². The third-order valence-corrected chi connectivity index (χ3v) is 3.38. The van der Waals surface area contributed by atoms with Gasteiger partial charge in [-0.15, -0.1) is 0 Å². The number of nitrogens with one attached hydrogen (secondary N) is 1. The molecule has 0 saturated heterocycles. The molecule has 0 atom stereocenters. The van der Waals surface area contributed by atoms with Crippen molar-refractivity contribution >= 4 is 5.69 Å². The van der Waals surface area contributed by atoms with Crippen LogP contribution in [-0.2, 0) is 19.4 Å². The molecular formula is C14H17N3. The number of hydrogen-bond donors (Lipinski definition) is 1. The first-order valence-electron chi connectivity index (χ1n) is 6.22. The first kappa shape index (κ1) is 10.4. The summed E-state index contributed by atoms with van der Waals surface area (Å²) in [5, 5.41) is 3.39. The number of nitrogens with zero attached hydrogens (tertiary/aromatic N) is 2. The predicted molar refractivity (Wildman–Crippen MR) is 69.3 cm³/mol. The summed E-state index contributed by atoms with van der Waals surface area (Å²) in [4.78, 5) is 4.42. The summed E-state index contributed by atoms with van der Waals surface area (Å²) in [5.74, 6) is 1.15. The highest BCUT2D eigenvalue weighted by Gasteiger charge is 2.11. The van der Waals surface area contributed by atoms with Gasteiger partial charge in [-0.1, -0.05) is 12.1 Å². The zero-order valence-corrected chi connectivity index (χ0v) is 10.1. The third-order valence-electron chi connectivity index (χ3n) is 3.38. The van der Waals surface area contributed by atoms with Gasteiger partial charge in [-0.2, -0.15) is 0 Å². The van der Waals surface area contributed by atoms with Crippen molar-refractivity contribution < 1.29 is 0 Å². The fraction of sp³-hybridized carbons (Fsp3) is 0.357. The molecule has 1 N–H and O–H groups in total. The number of rotatable bonds is 3. The van der Waals surface area contributed by atoms with Crippen LogP contribution in [0.15, 0.2) is 30.6 Å². The van der Waals surface area contributed by atoms with Gasteiger partial charge in [0.05, 0.1) is 0 Å². The zero-order chi connectivity index (χ0) is 11.7. The summed E-state index contributed by atoms with van der Waals surface area (Å²) < 4.78 is 2.20. The van der Waals surface area contributed by atoms with E-state index in [-0.39, 0.29) is 0 Å². The van der Waals surface area contributed by atoms with Crippen LogP contribution in [0.4, 0.5) is 5.69 Å². The number of imidazole rings is 1. The average Bonchev–Trinajstić information content (AvgIpc) is 2.96. The average molecular weight is 227 g/mol. The smallest absolute Gasteiger partial charge is 0.113 e. The Kier molecular flexibility index (Phi) is 2.59. The molecular weight excluding hydrogens is 210 g/mol. The SMILES string of the molecule is CCn1ccnc1Cc1ccc2c(c1)CCN2. The first-order chi connectivity index (χ1) is 8.36. The fourth-order valence-corrected chi connectivity index (χ4v) is 2.45. The molecule has 3 nitrogen and oxygen atoms in total. The first-order valence-corrected chi connectivity index (χ1v) is 6.22. The summed E-state index contributed by atoms with van der Waals surface area (Å²) in [7, 11) is 0. The van der Waals surface area contributed by atoms with E-state index in [2.05, 4.69) is 40.0 Å². The van der Waals surface area contributed by atoms with Crippen LogP contribution in [0.2, 0.25) is 0 Å². The van der Waals surface area contributed by atoms with Crippen LogP contribution in [0.3, 0.4) is 0 Å². The largest absolute Gasteiger partial charge is 0.384 e. The van der Waals surface area contributed by atoms with Crippen LogP contribution >= 0.6 is 0 Å². The minimum absolute atomic E-state index is 0.925. The standard InChI is InChI=1S/C14H17N3/c1-2-17-8-7-16-14(17)10-11-3-4-13-12(9-11)5-6-15-13/h3-4,7-9,15H,2,5-6,10H2,1H3. The Morgan fingerprint density at radius 1 is 1.41 bits per heavy atom. The number of aryl methyl sites for hydroxylation is 1. The van der Waals surface area contributed by atoms with Crippen molar-refractivity contribution in [1.82, 2.24) is 9.55 Å². The fourth-order valence-electron chi connectivity index (χ4n) is 2.45.